The van der Waals surface area contributed by atoms with E-state index in [1.54, 1.807) is 16.1 Å². The summed E-state index contributed by atoms with van der Waals surface area (Å²) < 4.78 is 0. The van der Waals surface area contributed by atoms with Crippen LogP contribution in [0.2, 0.25) is 0 Å². The van der Waals surface area contributed by atoms with Gasteiger partial charge >= 0.3 is 5.82 Å². The van der Waals surface area contributed by atoms with Crippen LogP contribution in [-0.2, 0) is 0 Å². The number of aromatic nitrogens is 5. The Balaban J connectivity index is 1.70. The zero-order chi connectivity index (χ0) is 16.5. The van der Waals surface area contributed by atoms with Crippen LogP contribution in [-0.4, -0.2) is 20.4 Å². The maximum Gasteiger partial charge on any atom is 0.339 e. The second-order valence-electron chi connectivity index (χ2n) is 5.52. The molecule has 0 spiro atoms. The SMILES string of the molecule is Cc1nc(-c2cccc(-[n+]3nc(-c4ccccc4)n[nH]3)c2)sc1C. The maximum atomic E-state index is 4.63. The van der Waals surface area contributed by atoms with E-state index in [0.717, 1.165) is 27.5 Å². The minimum absolute atomic E-state index is 0.668. The molecule has 1 N–H and O–H groups in total. The van der Waals surface area contributed by atoms with Crippen molar-refractivity contribution in [3.05, 3.63) is 65.2 Å². The Kier molecular flexibility index (Phi) is 3.66. The number of aryl methyl sites for hydroxylation is 2. The Morgan fingerprint density at radius 3 is 2.50 bits per heavy atom. The monoisotopic (exact) mass is 334 g/mol. The summed E-state index contributed by atoms with van der Waals surface area (Å²) in [5, 5.41) is 12.8. The van der Waals surface area contributed by atoms with Crippen molar-refractivity contribution in [1.82, 2.24) is 20.4 Å². The van der Waals surface area contributed by atoms with Crippen LogP contribution in [0.25, 0.3) is 27.6 Å². The van der Waals surface area contributed by atoms with E-state index >= 15 is 0 Å². The minimum atomic E-state index is 0.668. The molecule has 24 heavy (non-hydrogen) atoms. The van der Waals surface area contributed by atoms with Crippen molar-refractivity contribution >= 4 is 11.3 Å². The zero-order valence-corrected chi connectivity index (χ0v) is 14.2. The van der Waals surface area contributed by atoms with Gasteiger partial charge in [0, 0.05) is 10.4 Å². The maximum absolute atomic E-state index is 4.63. The molecule has 0 aliphatic carbocycles. The molecule has 0 radical (unpaired) electrons. The van der Waals surface area contributed by atoms with Crippen LogP contribution >= 0.6 is 11.3 Å². The molecule has 5 nitrogen and oxygen atoms in total. The van der Waals surface area contributed by atoms with E-state index in [1.807, 2.05) is 49.4 Å². The molecule has 0 bridgehead atoms. The molecular weight excluding hydrogens is 318 g/mol. The number of nitrogens with one attached hydrogen (secondary N) is 1. The Hall–Kier alpha value is -2.86. The lowest BCUT2D eigenvalue weighted by atomic mass is 10.2. The van der Waals surface area contributed by atoms with Gasteiger partial charge < -0.3 is 0 Å². The van der Waals surface area contributed by atoms with Crippen molar-refractivity contribution in [2.45, 2.75) is 13.8 Å². The standard InChI is InChI=1S/C18H15N5S/c1-12-13(2)24-18(19-12)15-9-6-10-16(11-15)23-21-17(20-22-23)14-7-4-3-5-8-14/h3-11H,1-2H3/p+1. The van der Waals surface area contributed by atoms with Crippen LogP contribution < -0.4 is 4.80 Å². The zero-order valence-electron chi connectivity index (χ0n) is 13.4. The first-order valence-electron chi connectivity index (χ1n) is 7.66. The fourth-order valence-corrected chi connectivity index (χ4v) is 3.34. The molecule has 0 fully saturated rings. The van der Waals surface area contributed by atoms with Crippen molar-refractivity contribution in [3.8, 4) is 27.6 Å². The number of H-pyrrole nitrogens is 1. The molecule has 0 aliphatic rings. The molecule has 0 amide bonds. The first-order chi connectivity index (χ1) is 11.7. The molecule has 118 valence electrons. The summed E-state index contributed by atoms with van der Waals surface area (Å²) in [7, 11) is 0. The van der Waals surface area contributed by atoms with Crippen LogP contribution in [0.15, 0.2) is 54.6 Å². The van der Waals surface area contributed by atoms with Gasteiger partial charge in [-0.25, -0.2) is 4.98 Å². The summed E-state index contributed by atoms with van der Waals surface area (Å²) in [5.41, 5.74) is 4.07. The van der Waals surface area contributed by atoms with Crippen molar-refractivity contribution in [1.29, 1.82) is 0 Å². The van der Waals surface area contributed by atoms with E-state index < -0.39 is 0 Å². The van der Waals surface area contributed by atoms with Crippen molar-refractivity contribution in [3.63, 3.8) is 0 Å². The summed E-state index contributed by atoms with van der Waals surface area (Å²) in [6.45, 7) is 4.13. The van der Waals surface area contributed by atoms with Crippen molar-refractivity contribution in [2.75, 3.05) is 0 Å². The fraction of sp³-hybridized carbons (Fsp3) is 0.111. The van der Waals surface area contributed by atoms with E-state index in [0.29, 0.717) is 5.82 Å². The Labute approximate surface area is 143 Å². The summed E-state index contributed by atoms with van der Waals surface area (Å²) in [6.07, 6.45) is 0. The molecule has 2 aromatic carbocycles. The van der Waals surface area contributed by atoms with Gasteiger partial charge in [-0.05, 0) is 53.2 Å². The number of benzene rings is 2. The van der Waals surface area contributed by atoms with Crippen molar-refractivity contribution < 1.29 is 4.80 Å². The van der Waals surface area contributed by atoms with Crippen LogP contribution in [0, 0.1) is 13.8 Å². The first-order valence-corrected chi connectivity index (χ1v) is 8.47. The van der Waals surface area contributed by atoms with Gasteiger partial charge in [-0.1, -0.05) is 30.3 Å². The number of rotatable bonds is 3. The molecule has 0 saturated heterocycles. The molecule has 0 unspecified atom stereocenters. The molecule has 0 atom stereocenters. The number of hydrogen-bond acceptors (Lipinski definition) is 4. The van der Waals surface area contributed by atoms with E-state index in [1.165, 1.54) is 4.88 Å². The lowest BCUT2D eigenvalue weighted by Crippen LogP contribution is -2.36. The fourth-order valence-electron chi connectivity index (χ4n) is 2.43. The molecule has 0 saturated carbocycles. The lowest BCUT2D eigenvalue weighted by Gasteiger charge is -1.97. The molecule has 4 aromatic rings. The third-order valence-corrected chi connectivity index (χ3v) is 4.97. The third kappa shape index (κ3) is 2.72. The Morgan fingerprint density at radius 1 is 0.958 bits per heavy atom. The molecule has 2 heterocycles. The summed E-state index contributed by atoms with van der Waals surface area (Å²) in [6, 6.07) is 18.1. The van der Waals surface area contributed by atoms with Gasteiger partial charge in [0.1, 0.15) is 5.01 Å². The van der Waals surface area contributed by atoms with Gasteiger partial charge in [-0.3, -0.25) is 0 Å². The number of tetrazole rings is 1. The Morgan fingerprint density at radius 2 is 1.75 bits per heavy atom. The van der Waals surface area contributed by atoms with Crippen LogP contribution in [0.4, 0.5) is 0 Å². The van der Waals surface area contributed by atoms with Gasteiger partial charge in [-0.2, -0.15) is 0 Å². The topological polar surface area (TPSA) is 58.3 Å². The second kappa shape index (κ2) is 5.98. The van der Waals surface area contributed by atoms with E-state index in [9.17, 15) is 0 Å². The Bertz CT molecular complexity index is 968. The number of hydrogen-bond donors (Lipinski definition) is 1. The van der Waals surface area contributed by atoms with Gasteiger partial charge in [0.05, 0.1) is 16.4 Å². The van der Waals surface area contributed by atoms with Gasteiger partial charge in [0.2, 0.25) is 0 Å². The average molecular weight is 334 g/mol. The summed E-state index contributed by atoms with van der Waals surface area (Å²) >= 11 is 1.71. The predicted octanol–water partition coefficient (Wildman–Crippen LogP) is 3.49. The van der Waals surface area contributed by atoms with Crippen LogP contribution in [0.1, 0.15) is 10.6 Å². The van der Waals surface area contributed by atoms with Crippen LogP contribution in [0.5, 0.6) is 0 Å². The number of thiazole rings is 1. The second-order valence-corrected chi connectivity index (χ2v) is 6.73. The quantitative estimate of drug-likeness (QED) is 0.584. The molecular formula is C18H16N5S+. The highest BCUT2D eigenvalue weighted by Crippen LogP contribution is 2.27. The van der Waals surface area contributed by atoms with E-state index in [4.69, 9.17) is 0 Å². The van der Waals surface area contributed by atoms with Gasteiger partial charge in [0.25, 0.3) is 0 Å². The third-order valence-electron chi connectivity index (χ3n) is 3.84. The van der Waals surface area contributed by atoms with E-state index in [2.05, 4.69) is 39.5 Å². The highest BCUT2D eigenvalue weighted by molar-refractivity contribution is 7.15. The number of nitrogens with zero attached hydrogens (tertiary/aromatic N) is 4. The smallest absolute Gasteiger partial charge is 0.241 e. The molecule has 2 aromatic heterocycles. The first kappa shape index (κ1) is 14.7. The predicted molar refractivity (Wildman–Crippen MR) is 93.9 cm³/mol. The highest BCUT2D eigenvalue weighted by atomic mass is 32.1. The summed E-state index contributed by atoms with van der Waals surface area (Å²) in [5.74, 6) is 0.668. The molecule has 0 aliphatic heterocycles. The summed E-state index contributed by atoms with van der Waals surface area (Å²) in [4.78, 5) is 7.56. The van der Waals surface area contributed by atoms with E-state index in [-0.39, 0.29) is 0 Å². The minimum Gasteiger partial charge on any atom is -0.241 e. The molecule has 6 heteroatoms. The number of aromatic amines is 1. The lowest BCUT2D eigenvalue weighted by molar-refractivity contribution is -0.716. The van der Waals surface area contributed by atoms with Gasteiger partial charge in [-0.15, -0.1) is 11.3 Å². The highest BCUT2D eigenvalue weighted by Gasteiger charge is 2.16. The average Bonchev–Trinajstić information content (AvgIpc) is 3.24. The normalized spacial score (nSPS) is 10.9. The van der Waals surface area contributed by atoms with Crippen LogP contribution in [0.3, 0.4) is 0 Å². The van der Waals surface area contributed by atoms with Gasteiger partial charge in [0.15, 0.2) is 5.69 Å². The largest absolute Gasteiger partial charge is 0.339 e. The van der Waals surface area contributed by atoms with Crippen molar-refractivity contribution in [2.24, 2.45) is 0 Å². The molecule has 4 rings (SSSR count).